The molecular weight excluding hydrogens is 290 g/mol. The van der Waals surface area contributed by atoms with Crippen molar-refractivity contribution < 1.29 is 17.9 Å². The summed E-state index contributed by atoms with van der Waals surface area (Å²) in [6.07, 6.45) is 3.93. The van der Waals surface area contributed by atoms with Crippen LogP contribution in [0.4, 0.5) is 0 Å². The van der Waals surface area contributed by atoms with Gasteiger partial charge in [0.05, 0.1) is 5.25 Å². The van der Waals surface area contributed by atoms with E-state index in [2.05, 4.69) is 4.72 Å². The number of nitrogens with one attached hydrogen (secondary N) is 1. The summed E-state index contributed by atoms with van der Waals surface area (Å²) >= 11 is 0. The third-order valence-corrected chi connectivity index (χ3v) is 5.84. The van der Waals surface area contributed by atoms with Gasteiger partial charge in [-0.1, -0.05) is 33.1 Å². The largest absolute Gasteiger partial charge is 0.459 e. The Morgan fingerprint density at radius 3 is 2.24 bits per heavy atom. The maximum atomic E-state index is 12.4. The fourth-order valence-corrected chi connectivity index (χ4v) is 4.30. The molecule has 124 valence electrons. The van der Waals surface area contributed by atoms with E-state index in [1.165, 1.54) is 0 Å². The third kappa shape index (κ3) is 5.58. The summed E-state index contributed by atoms with van der Waals surface area (Å²) in [5, 5.41) is -0.369. The standard InChI is InChI=1S/C15H29NO4S/c1-6-11(2)13(14(17)20-15(3,4)5)16-21(18,19)12-9-7-8-10-12/h11-13,16H,6-10H2,1-5H3/t11-,13-/m0/s1. The van der Waals surface area contributed by atoms with Crippen molar-refractivity contribution in [1.29, 1.82) is 0 Å². The summed E-state index contributed by atoms with van der Waals surface area (Å²) in [6.45, 7) is 9.15. The van der Waals surface area contributed by atoms with E-state index in [9.17, 15) is 13.2 Å². The van der Waals surface area contributed by atoms with Crippen molar-refractivity contribution in [2.75, 3.05) is 0 Å². The molecule has 0 amide bonds. The van der Waals surface area contributed by atoms with Crippen LogP contribution in [0.3, 0.4) is 0 Å². The van der Waals surface area contributed by atoms with Gasteiger partial charge in [-0.3, -0.25) is 4.79 Å². The summed E-state index contributed by atoms with van der Waals surface area (Å²) in [5.41, 5.74) is -0.623. The molecule has 1 aliphatic carbocycles. The lowest BCUT2D eigenvalue weighted by Crippen LogP contribution is -2.49. The lowest BCUT2D eigenvalue weighted by Gasteiger charge is -2.28. The Balaban J connectivity index is 2.85. The second kappa shape index (κ2) is 7.09. The van der Waals surface area contributed by atoms with Gasteiger partial charge in [-0.15, -0.1) is 0 Å². The molecule has 2 atom stereocenters. The molecule has 6 heteroatoms. The number of rotatable bonds is 6. The minimum atomic E-state index is -3.47. The first kappa shape index (κ1) is 18.4. The molecule has 0 aromatic carbocycles. The average Bonchev–Trinajstić information content (AvgIpc) is 2.87. The number of sulfonamides is 1. The molecule has 21 heavy (non-hydrogen) atoms. The molecule has 0 spiro atoms. The van der Waals surface area contributed by atoms with E-state index in [4.69, 9.17) is 4.74 Å². The Morgan fingerprint density at radius 2 is 1.81 bits per heavy atom. The monoisotopic (exact) mass is 319 g/mol. The first-order valence-corrected chi connectivity index (χ1v) is 9.35. The van der Waals surface area contributed by atoms with Gasteiger partial charge in [0.15, 0.2) is 0 Å². The van der Waals surface area contributed by atoms with Crippen molar-refractivity contribution in [3.63, 3.8) is 0 Å². The molecule has 1 rings (SSSR count). The van der Waals surface area contributed by atoms with E-state index in [0.717, 1.165) is 12.8 Å². The molecule has 5 nitrogen and oxygen atoms in total. The number of carbonyl (C=O) groups excluding carboxylic acids is 1. The molecule has 0 aromatic heterocycles. The topological polar surface area (TPSA) is 72.5 Å². The highest BCUT2D eigenvalue weighted by atomic mass is 32.2. The highest BCUT2D eigenvalue weighted by Gasteiger charge is 2.36. The van der Waals surface area contributed by atoms with E-state index >= 15 is 0 Å². The molecule has 0 saturated heterocycles. The molecule has 1 aliphatic rings. The van der Waals surface area contributed by atoms with Gasteiger partial charge >= 0.3 is 5.97 Å². The first-order chi connectivity index (χ1) is 9.57. The van der Waals surface area contributed by atoms with Gasteiger partial charge in [-0.2, -0.15) is 0 Å². The van der Waals surface area contributed by atoms with Gasteiger partial charge in [0, 0.05) is 0 Å². The second-order valence-electron chi connectivity index (χ2n) is 6.97. The van der Waals surface area contributed by atoms with Crippen LogP contribution in [-0.4, -0.2) is 31.3 Å². The van der Waals surface area contributed by atoms with Crippen LogP contribution < -0.4 is 4.72 Å². The maximum absolute atomic E-state index is 12.4. The van der Waals surface area contributed by atoms with Crippen molar-refractivity contribution in [2.45, 2.75) is 83.6 Å². The number of ether oxygens (including phenoxy) is 1. The Labute approximate surface area is 128 Å². The predicted octanol–water partition coefficient (Wildman–Crippen LogP) is 2.60. The molecule has 0 aliphatic heterocycles. The van der Waals surface area contributed by atoms with Crippen LogP contribution in [-0.2, 0) is 19.6 Å². The highest BCUT2D eigenvalue weighted by Crippen LogP contribution is 2.25. The van der Waals surface area contributed by atoms with E-state index in [1.807, 2.05) is 13.8 Å². The van der Waals surface area contributed by atoms with Crippen LogP contribution in [0.5, 0.6) is 0 Å². The lowest BCUT2D eigenvalue weighted by molar-refractivity contribution is -0.158. The average molecular weight is 319 g/mol. The zero-order chi connectivity index (χ0) is 16.3. The minimum absolute atomic E-state index is 0.101. The van der Waals surface area contributed by atoms with Crippen LogP contribution in [0.1, 0.15) is 66.7 Å². The summed E-state index contributed by atoms with van der Waals surface area (Å²) in [7, 11) is -3.47. The van der Waals surface area contributed by atoms with Gasteiger partial charge < -0.3 is 4.74 Å². The Kier molecular flexibility index (Phi) is 6.23. The van der Waals surface area contributed by atoms with Gasteiger partial charge in [-0.25, -0.2) is 13.1 Å². The summed E-state index contributed by atoms with van der Waals surface area (Å²) in [4.78, 5) is 12.3. The van der Waals surface area contributed by atoms with Gasteiger partial charge in [0.2, 0.25) is 10.0 Å². The predicted molar refractivity (Wildman–Crippen MR) is 83.4 cm³/mol. The SMILES string of the molecule is CC[C@H](C)[C@H](NS(=O)(=O)C1CCCC1)C(=O)OC(C)(C)C. The zero-order valence-electron chi connectivity index (χ0n) is 13.8. The molecule has 0 unspecified atom stereocenters. The summed E-state index contributed by atoms with van der Waals surface area (Å²) in [5.74, 6) is -0.588. The maximum Gasteiger partial charge on any atom is 0.324 e. The van der Waals surface area contributed by atoms with Gasteiger partial charge in [0.25, 0.3) is 0 Å². The summed E-state index contributed by atoms with van der Waals surface area (Å²) < 4.78 is 32.8. The molecule has 1 saturated carbocycles. The minimum Gasteiger partial charge on any atom is -0.459 e. The fraction of sp³-hybridized carbons (Fsp3) is 0.933. The number of carbonyl (C=O) groups is 1. The molecule has 0 bridgehead atoms. The van der Waals surface area contributed by atoms with E-state index < -0.39 is 27.6 Å². The van der Waals surface area contributed by atoms with E-state index in [0.29, 0.717) is 19.3 Å². The van der Waals surface area contributed by atoms with Crippen molar-refractivity contribution in [3.8, 4) is 0 Å². The van der Waals surface area contributed by atoms with Crippen molar-refractivity contribution >= 4 is 16.0 Å². The van der Waals surface area contributed by atoms with E-state index in [1.54, 1.807) is 20.8 Å². The fourth-order valence-electron chi connectivity index (χ4n) is 2.47. The molecule has 0 radical (unpaired) electrons. The highest BCUT2D eigenvalue weighted by molar-refractivity contribution is 7.90. The quantitative estimate of drug-likeness (QED) is 0.764. The van der Waals surface area contributed by atoms with Crippen LogP contribution in [0, 0.1) is 5.92 Å². The molecular formula is C15H29NO4S. The lowest BCUT2D eigenvalue weighted by atomic mass is 10.00. The van der Waals surface area contributed by atoms with Crippen LogP contribution >= 0.6 is 0 Å². The van der Waals surface area contributed by atoms with Crippen molar-refractivity contribution in [1.82, 2.24) is 4.72 Å². The van der Waals surface area contributed by atoms with Crippen molar-refractivity contribution in [2.24, 2.45) is 5.92 Å². The second-order valence-corrected chi connectivity index (χ2v) is 8.96. The molecule has 1 fully saturated rings. The van der Waals surface area contributed by atoms with Crippen LogP contribution in [0.15, 0.2) is 0 Å². The third-order valence-electron chi connectivity index (χ3n) is 3.91. The smallest absolute Gasteiger partial charge is 0.324 e. The van der Waals surface area contributed by atoms with Gasteiger partial charge in [-0.05, 0) is 39.5 Å². The number of hydrogen-bond acceptors (Lipinski definition) is 4. The van der Waals surface area contributed by atoms with Crippen LogP contribution in [0.25, 0.3) is 0 Å². The molecule has 1 N–H and O–H groups in total. The first-order valence-electron chi connectivity index (χ1n) is 7.81. The number of hydrogen-bond donors (Lipinski definition) is 1. The zero-order valence-corrected chi connectivity index (χ0v) is 14.6. The van der Waals surface area contributed by atoms with Crippen molar-refractivity contribution in [3.05, 3.63) is 0 Å². The Morgan fingerprint density at radius 1 is 1.29 bits per heavy atom. The Bertz CT molecular complexity index is 447. The Hall–Kier alpha value is -0.620. The van der Waals surface area contributed by atoms with E-state index in [-0.39, 0.29) is 11.2 Å². The molecule has 0 aromatic rings. The van der Waals surface area contributed by atoms with Crippen LogP contribution in [0.2, 0.25) is 0 Å². The summed E-state index contributed by atoms with van der Waals surface area (Å²) in [6, 6.07) is -0.806. The normalized spacial score (nSPS) is 20.2. The molecule has 0 heterocycles. The van der Waals surface area contributed by atoms with Gasteiger partial charge in [0.1, 0.15) is 11.6 Å². The number of esters is 1.